The number of pyridine rings is 1. The maximum atomic E-state index is 11.9. The second-order valence-electron chi connectivity index (χ2n) is 5.67. The number of aryl methyl sites for hydroxylation is 1. The van der Waals surface area contributed by atoms with E-state index in [1.807, 2.05) is 6.07 Å². The molecular weight excluding hydrogens is 356 g/mol. The van der Waals surface area contributed by atoms with Crippen molar-refractivity contribution < 1.29 is 14.3 Å². The molecule has 1 N–H and O–H groups in total. The largest absolute Gasteiger partial charge is 0.488 e. The number of hydrogen-bond donors (Lipinski definition) is 1. The summed E-state index contributed by atoms with van der Waals surface area (Å²) in [6.45, 7) is 3.76. The van der Waals surface area contributed by atoms with Crippen molar-refractivity contribution in [1.82, 2.24) is 4.98 Å². The van der Waals surface area contributed by atoms with Gasteiger partial charge in [-0.25, -0.2) is 0 Å². The summed E-state index contributed by atoms with van der Waals surface area (Å²) in [5.41, 5.74) is 1.70. The van der Waals surface area contributed by atoms with Crippen LogP contribution in [0.1, 0.15) is 28.8 Å². The number of carbonyl (C=O) groups is 1. The molecule has 0 aliphatic carbocycles. The SMILES string of the molecule is Cc1[nH]c(=O)c(C#N)c(C)c1CCC(=O)OCCOc1ccccc1Cl. The van der Waals surface area contributed by atoms with E-state index < -0.39 is 5.56 Å². The number of carbonyl (C=O) groups excluding carboxylic acids is 1. The number of hydrogen-bond acceptors (Lipinski definition) is 5. The number of rotatable bonds is 7. The molecule has 0 unspecified atom stereocenters. The van der Waals surface area contributed by atoms with E-state index in [2.05, 4.69) is 4.98 Å². The molecule has 26 heavy (non-hydrogen) atoms. The fourth-order valence-corrected chi connectivity index (χ4v) is 2.78. The van der Waals surface area contributed by atoms with Crippen LogP contribution in [-0.4, -0.2) is 24.2 Å². The van der Waals surface area contributed by atoms with Crippen molar-refractivity contribution in [2.75, 3.05) is 13.2 Å². The second-order valence-corrected chi connectivity index (χ2v) is 6.08. The van der Waals surface area contributed by atoms with E-state index in [0.29, 0.717) is 28.5 Å². The lowest BCUT2D eigenvalue weighted by Gasteiger charge is -2.11. The van der Waals surface area contributed by atoms with Crippen molar-refractivity contribution in [1.29, 1.82) is 5.26 Å². The topological polar surface area (TPSA) is 92.2 Å². The first kappa shape index (κ1) is 19.5. The highest BCUT2D eigenvalue weighted by molar-refractivity contribution is 6.32. The fourth-order valence-electron chi connectivity index (χ4n) is 2.59. The van der Waals surface area contributed by atoms with E-state index in [9.17, 15) is 9.59 Å². The second kappa shape index (κ2) is 9.07. The maximum Gasteiger partial charge on any atom is 0.306 e. The first-order valence-electron chi connectivity index (χ1n) is 8.09. The van der Waals surface area contributed by atoms with Gasteiger partial charge in [0.05, 0.1) is 5.02 Å². The van der Waals surface area contributed by atoms with E-state index in [0.717, 1.165) is 5.56 Å². The monoisotopic (exact) mass is 374 g/mol. The molecule has 1 heterocycles. The fraction of sp³-hybridized carbons (Fsp3) is 0.316. The van der Waals surface area contributed by atoms with Gasteiger partial charge < -0.3 is 14.5 Å². The third-order valence-electron chi connectivity index (χ3n) is 3.94. The van der Waals surface area contributed by atoms with Crippen LogP contribution in [0, 0.1) is 25.2 Å². The van der Waals surface area contributed by atoms with Gasteiger partial charge >= 0.3 is 5.97 Å². The molecule has 7 heteroatoms. The maximum absolute atomic E-state index is 11.9. The molecule has 0 bridgehead atoms. The molecule has 0 radical (unpaired) electrons. The van der Waals surface area contributed by atoms with Crippen LogP contribution in [0.3, 0.4) is 0 Å². The quantitative estimate of drug-likeness (QED) is 0.594. The van der Waals surface area contributed by atoms with E-state index in [1.165, 1.54) is 0 Å². The van der Waals surface area contributed by atoms with Crippen molar-refractivity contribution in [3.05, 3.63) is 62.0 Å². The molecule has 0 atom stereocenters. The number of esters is 1. The number of aromatic nitrogens is 1. The summed E-state index contributed by atoms with van der Waals surface area (Å²) in [6.07, 6.45) is 0.526. The zero-order chi connectivity index (χ0) is 19.1. The predicted molar refractivity (Wildman–Crippen MR) is 97.5 cm³/mol. The Morgan fingerprint density at radius 1 is 1.27 bits per heavy atom. The zero-order valence-electron chi connectivity index (χ0n) is 14.6. The lowest BCUT2D eigenvalue weighted by atomic mass is 9.99. The highest BCUT2D eigenvalue weighted by atomic mass is 35.5. The van der Waals surface area contributed by atoms with Gasteiger partial charge in [-0.05, 0) is 43.5 Å². The molecule has 6 nitrogen and oxygen atoms in total. The van der Waals surface area contributed by atoms with E-state index in [1.54, 1.807) is 38.1 Å². The van der Waals surface area contributed by atoms with Crippen LogP contribution in [0.15, 0.2) is 29.1 Å². The van der Waals surface area contributed by atoms with Crippen LogP contribution in [0.4, 0.5) is 0 Å². The molecule has 0 saturated heterocycles. The van der Waals surface area contributed by atoms with Crippen LogP contribution in [0.25, 0.3) is 0 Å². The molecule has 0 fully saturated rings. The van der Waals surface area contributed by atoms with Crippen LogP contribution < -0.4 is 10.3 Å². The van der Waals surface area contributed by atoms with Crippen LogP contribution in [-0.2, 0) is 16.0 Å². The summed E-state index contributed by atoms with van der Waals surface area (Å²) in [6, 6.07) is 8.95. The Bertz CT molecular complexity index is 899. The minimum absolute atomic E-state index is 0.0760. The van der Waals surface area contributed by atoms with Gasteiger partial charge in [-0.3, -0.25) is 9.59 Å². The summed E-state index contributed by atoms with van der Waals surface area (Å²) in [5.74, 6) is 0.157. The third-order valence-corrected chi connectivity index (χ3v) is 4.25. The summed E-state index contributed by atoms with van der Waals surface area (Å²) in [7, 11) is 0. The minimum atomic E-state index is -0.412. The first-order valence-corrected chi connectivity index (χ1v) is 8.47. The lowest BCUT2D eigenvalue weighted by Crippen LogP contribution is -2.18. The molecule has 0 aliphatic rings. The zero-order valence-corrected chi connectivity index (χ0v) is 15.4. The van der Waals surface area contributed by atoms with E-state index in [-0.39, 0.29) is 31.2 Å². The predicted octanol–water partition coefficient (Wildman–Crippen LogP) is 3.07. The number of nitriles is 1. The number of para-hydroxylation sites is 1. The summed E-state index contributed by atoms with van der Waals surface area (Å²) >= 11 is 5.97. The van der Waals surface area contributed by atoms with Crippen molar-refractivity contribution in [3.8, 4) is 11.8 Å². The number of H-pyrrole nitrogens is 1. The number of nitrogens with zero attached hydrogens (tertiary/aromatic N) is 1. The average Bonchev–Trinajstić information content (AvgIpc) is 2.60. The van der Waals surface area contributed by atoms with Gasteiger partial charge in [-0.2, -0.15) is 5.26 Å². The highest BCUT2D eigenvalue weighted by Crippen LogP contribution is 2.22. The van der Waals surface area contributed by atoms with E-state index in [4.69, 9.17) is 26.3 Å². The van der Waals surface area contributed by atoms with Crippen molar-refractivity contribution >= 4 is 17.6 Å². The van der Waals surface area contributed by atoms with Gasteiger partial charge in [-0.15, -0.1) is 0 Å². The van der Waals surface area contributed by atoms with Crippen molar-refractivity contribution in [3.63, 3.8) is 0 Å². The number of halogens is 1. The van der Waals surface area contributed by atoms with Gasteiger partial charge in [0.15, 0.2) is 0 Å². The smallest absolute Gasteiger partial charge is 0.306 e. The molecule has 0 saturated carbocycles. The Hall–Kier alpha value is -2.78. The molecule has 136 valence electrons. The van der Waals surface area contributed by atoms with Gasteiger partial charge in [-0.1, -0.05) is 23.7 Å². The van der Waals surface area contributed by atoms with Crippen LogP contribution >= 0.6 is 11.6 Å². The lowest BCUT2D eigenvalue weighted by molar-refractivity contribution is -0.144. The van der Waals surface area contributed by atoms with Gasteiger partial charge in [0, 0.05) is 12.1 Å². The molecule has 1 aromatic heterocycles. The number of ether oxygens (including phenoxy) is 2. The number of benzene rings is 1. The number of nitrogens with one attached hydrogen (secondary N) is 1. The Kier molecular flexibility index (Phi) is 6.81. The Balaban J connectivity index is 1.83. The Morgan fingerprint density at radius 2 is 2.00 bits per heavy atom. The Labute approximate surface area is 156 Å². The third kappa shape index (κ3) is 4.87. The van der Waals surface area contributed by atoms with Crippen molar-refractivity contribution in [2.45, 2.75) is 26.7 Å². The van der Waals surface area contributed by atoms with Crippen molar-refractivity contribution in [2.24, 2.45) is 0 Å². The molecule has 2 rings (SSSR count). The minimum Gasteiger partial charge on any atom is -0.488 e. The summed E-state index contributed by atoms with van der Waals surface area (Å²) < 4.78 is 10.6. The molecule has 1 aromatic carbocycles. The van der Waals surface area contributed by atoms with Gasteiger partial charge in [0.2, 0.25) is 0 Å². The normalized spacial score (nSPS) is 10.2. The number of aromatic amines is 1. The summed E-state index contributed by atoms with van der Waals surface area (Å²) in [5, 5.41) is 9.56. The molecule has 0 aliphatic heterocycles. The molecule has 2 aromatic rings. The first-order chi connectivity index (χ1) is 12.4. The summed E-state index contributed by atoms with van der Waals surface area (Å²) in [4.78, 5) is 26.2. The highest BCUT2D eigenvalue weighted by Gasteiger charge is 2.14. The molecule has 0 amide bonds. The molecule has 0 spiro atoms. The van der Waals surface area contributed by atoms with Gasteiger partial charge in [0.25, 0.3) is 5.56 Å². The van der Waals surface area contributed by atoms with Crippen LogP contribution in [0.5, 0.6) is 5.75 Å². The average molecular weight is 375 g/mol. The van der Waals surface area contributed by atoms with Crippen LogP contribution in [0.2, 0.25) is 5.02 Å². The van der Waals surface area contributed by atoms with E-state index >= 15 is 0 Å². The Morgan fingerprint density at radius 3 is 2.69 bits per heavy atom. The standard InChI is InChI=1S/C19H19ClN2O4/c1-12-14(13(2)22-19(24)15(12)11-21)7-8-18(23)26-10-9-25-17-6-4-3-5-16(17)20/h3-6H,7-10H2,1-2H3,(H,22,24). The van der Waals surface area contributed by atoms with Gasteiger partial charge in [0.1, 0.15) is 30.6 Å². The molecular formula is C19H19ClN2O4.